The van der Waals surface area contributed by atoms with Crippen molar-refractivity contribution in [3.63, 3.8) is 0 Å². The number of carbonyl (C=O) groups is 1. The molecule has 160 valence electrons. The molecule has 0 aliphatic carbocycles. The largest absolute Gasteiger partial charge is 0.312 e. The van der Waals surface area contributed by atoms with Crippen molar-refractivity contribution in [2.24, 2.45) is 0 Å². The Labute approximate surface area is 201 Å². The summed E-state index contributed by atoms with van der Waals surface area (Å²) < 4.78 is 2.10. The maximum atomic E-state index is 13.0. The van der Waals surface area contributed by atoms with E-state index in [2.05, 4.69) is 60.3 Å². The molecule has 3 aromatic heterocycles. The first-order valence-corrected chi connectivity index (χ1v) is 13.3. The third kappa shape index (κ3) is 3.89. The maximum absolute atomic E-state index is 13.0. The minimum Gasteiger partial charge on any atom is -0.312 e. The number of fused-ring (bicyclic) bond motifs is 2. The summed E-state index contributed by atoms with van der Waals surface area (Å²) in [6.07, 6.45) is 0.883. The van der Waals surface area contributed by atoms with Crippen molar-refractivity contribution in [3.8, 4) is 10.6 Å². The normalized spacial score (nSPS) is 16.9. The van der Waals surface area contributed by atoms with Crippen LogP contribution in [0.25, 0.3) is 20.8 Å². The zero-order chi connectivity index (χ0) is 22.0. The fraction of sp³-hybridized carbons (Fsp3) is 0.304. The van der Waals surface area contributed by atoms with Crippen LogP contribution in [0.15, 0.2) is 40.2 Å². The lowest BCUT2D eigenvalue weighted by molar-refractivity contribution is 0.103. The number of benzene rings is 1. The molecule has 8 heteroatoms. The molecule has 0 fully saturated rings. The third-order valence-electron chi connectivity index (χ3n) is 5.38. The number of hydrogen-bond donors (Lipinski definition) is 2. The Hall–Kier alpha value is -1.58. The summed E-state index contributed by atoms with van der Waals surface area (Å²) in [5.41, 5.74) is 3.12. The van der Waals surface area contributed by atoms with Gasteiger partial charge in [0.1, 0.15) is 10.0 Å². The van der Waals surface area contributed by atoms with Gasteiger partial charge in [-0.15, -0.1) is 34.0 Å². The summed E-state index contributed by atoms with van der Waals surface area (Å²) in [5.74, 6) is -0.0818. The number of hydrogen-bond acceptors (Lipinski definition) is 6. The molecule has 2 N–H and O–H groups in total. The van der Waals surface area contributed by atoms with Crippen LogP contribution < -0.4 is 10.6 Å². The highest BCUT2D eigenvalue weighted by Crippen LogP contribution is 2.50. The van der Waals surface area contributed by atoms with Gasteiger partial charge in [0.25, 0.3) is 5.91 Å². The number of para-hydroxylation sites is 1. The molecular formula is C23H22BrN3OS3. The van der Waals surface area contributed by atoms with Gasteiger partial charge in [-0.05, 0) is 79.9 Å². The van der Waals surface area contributed by atoms with E-state index >= 15 is 0 Å². The molecule has 1 aromatic carbocycles. The van der Waals surface area contributed by atoms with Crippen molar-refractivity contribution in [1.29, 1.82) is 0 Å². The standard InChI is InChI=1S/C23H22BrN3OS3/c1-22(2)11-12-17(20-25-13-7-5-6-8-14(13)30-20)21(31-18(12)23(3,4)27-22)26-19(28)15-9-10-16(24)29-15/h5-10,27H,11H2,1-4H3,(H,26,28). The smallest absolute Gasteiger partial charge is 0.266 e. The summed E-state index contributed by atoms with van der Waals surface area (Å²) in [4.78, 5) is 19.9. The topological polar surface area (TPSA) is 54.0 Å². The number of aromatic nitrogens is 1. The Kier molecular flexibility index (Phi) is 5.14. The second-order valence-electron chi connectivity index (χ2n) is 8.97. The van der Waals surface area contributed by atoms with Gasteiger partial charge in [-0.2, -0.15) is 0 Å². The average Bonchev–Trinajstić information content (AvgIpc) is 3.36. The molecule has 4 nitrogen and oxygen atoms in total. The number of anilines is 1. The van der Waals surface area contributed by atoms with Crippen LogP contribution in [-0.4, -0.2) is 16.4 Å². The molecule has 0 saturated carbocycles. The predicted octanol–water partition coefficient (Wildman–Crippen LogP) is 7.26. The highest BCUT2D eigenvalue weighted by molar-refractivity contribution is 9.11. The summed E-state index contributed by atoms with van der Waals surface area (Å²) >= 11 is 8.25. The fourth-order valence-electron chi connectivity index (χ4n) is 4.42. The van der Waals surface area contributed by atoms with Crippen LogP contribution in [0.3, 0.4) is 0 Å². The van der Waals surface area contributed by atoms with E-state index in [-0.39, 0.29) is 17.0 Å². The van der Waals surface area contributed by atoms with Crippen LogP contribution in [0.5, 0.6) is 0 Å². The molecule has 1 aliphatic heterocycles. The minimum atomic E-state index is -0.192. The second-order valence-corrected chi connectivity index (χ2v) is 13.5. The molecule has 0 saturated heterocycles. The third-order valence-corrected chi connectivity index (χ3v) is 9.52. The number of amides is 1. The highest BCUT2D eigenvalue weighted by Gasteiger charge is 2.41. The Morgan fingerprint density at radius 2 is 1.87 bits per heavy atom. The Morgan fingerprint density at radius 3 is 2.58 bits per heavy atom. The van der Waals surface area contributed by atoms with Crippen molar-refractivity contribution < 1.29 is 4.79 Å². The zero-order valence-corrected chi connectivity index (χ0v) is 21.7. The van der Waals surface area contributed by atoms with E-state index in [1.54, 1.807) is 22.7 Å². The van der Waals surface area contributed by atoms with Gasteiger partial charge >= 0.3 is 0 Å². The molecular weight excluding hydrogens is 510 g/mol. The Morgan fingerprint density at radius 1 is 1.10 bits per heavy atom. The molecule has 5 rings (SSSR count). The predicted molar refractivity (Wildman–Crippen MR) is 137 cm³/mol. The number of nitrogens with zero attached hydrogens (tertiary/aromatic N) is 1. The minimum absolute atomic E-state index is 0.0527. The van der Waals surface area contributed by atoms with Crippen molar-refractivity contribution >= 4 is 71.1 Å². The van der Waals surface area contributed by atoms with E-state index in [9.17, 15) is 4.79 Å². The van der Waals surface area contributed by atoms with Gasteiger partial charge in [0, 0.05) is 21.5 Å². The molecule has 4 heterocycles. The number of rotatable bonds is 3. The average molecular weight is 533 g/mol. The van der Waals surface area contributed by atoms with E-state index in [4.69, 9.17) is 4.98 Å². The van der Waals surface area contributed by atoms with Gasteiger partial charge in [0.05, 0.1) is 18.9 Å². The van der Waals surface area contributed by atoms with Gasteiger partial charge < -0.3 is 10.6 Å². The number of nitrogens with one attached hydrogen (secondary N) is 2. The highest BCUT2D eigenvalue weighted by atomic mass is 79.9. The van der Waals surface area contributed by atoms with Gasteiger partial charge in [-0.3, -0.25) is 4.79 Å². The van der Waals surface area contributed by atoms with Gasteiger partial charge in [-0.25, -0.2) is 4.98 Å². The molecule has 0 unspecified atom stereocenters. The number of carbonyl (C=O) groups excluding carboxylic acids is 1. The van der Waals surface area contributed by atoms with Crippen LogP contribution in [0.4, 0.5) is 5.00 Å². The summed E-state index contributed by atoms with van der Waals surface area (Å²) in [6, 6.07) is 12.0. The van der Waals surface area contributed by atoms with Gasteiger partial charge in [-0.1, -0.05) is 12.1 Å². The molecule has 1 amide bonds. The Bertz CT molecular complexity index is 1280. The maximum Gasteiger partial charge on any atom is 0.266 e. The monoisotopic (exact) mass is 531 g/mol. The summed E-state index contributed by atoms with van der Waals surface area (Å²) in [6.45, 7) is 8.90. The number of thiazole rings is 1. The Balaban J connectivity index is 1.68. The lowest BCUT2D eigenvalue weighted by atomic mass is 9.81. The van der Waals surface area contributed by atoms with Crippen molar-refractivity contribution in [2.45, 2.75) is 45.2 Å². The van der Waals surface area contributed by atoms with Crippen molar-refractivity contribution in [2.75, 3.05) is 5.32 Å². The summed E-state index contributed by atoms with van der Waals surface area (Å²) in [7, 11) is 0. The van der Waals surface area contributed by atoms with E-state index < -0.39 is 0 Å². The zero-order valence-electron chi connectivity index (χ0n) is 17.6. The molecule has 0 bridgehead atoms. The van der Waals surface area contributed by atoms with E-state index in [1.807, 2.05) is 30.3 Å². The van der Waals surface area contributed by atoms with Crippen LogP contribution in [-0.2, 0) is 12.0 Å². The van der Waals surface area contributed by atoms with Crippen LogP contribution in [0.1, 0.15) is 47.8 Å². The molecule has 0 atom stereocenters. The quantitative estimate of drug-likeness (QED) is 0.292. The molecule has 4 aromatic rings. The lowest BCUT2D eigenvalue weighted by Gasteiger charge is -2.42. The van der Waals surface area contributed by atoms with Crippen LogP contribution in [0, 0.1) is 0 Å². The van der Waals surface area contributed by atoms with Crippen LogP contribution in [0.2, 0.25) is 0 Å². The molecule has 0 spiro atoms. The fourth-order valence-corrected chi connectivity index (χ4v) is 8.09. The van der Waals surface area contributed by atoms with E-state index in [0.29, 0.717) is 4.88 Å². The molecule has 31 heavy (non-hydrogen) atoms. The first kappa shape index (κ1) is 21.3. The van der Waals surface area contributed by atoms with Crippen molar-refractivity contribution in [3.05, 3.63) is 55.5 Å². The van der Waals surface area contributed by atoms with Gasteiger partial charge in [0.15, 0.2) is 0 Å². The first-order valence-electron chi connectivity index (χ1n) is 10.0. The van der Waals surface area contributed by atoms with Crippen molar-refractivity contribution in [1.82, 2.24) is 10.3 Å². The first-order chi connectivity index (χ1) is 14.6. The SMILES string of the molecule is CC1(C)Cc2c(sc(NC(=O)c3ccc(Br)s3)c2-c2nc3ccccc3s2)C(C)(C)N1. The van der Waals surface area contributed by atoms with E-state index in [0.717, 1.165) is 36.0 Å². The number of thiophene rings is 2. The van der Waals surface area contributed by atoms with E-state index in [1.165, 1.54) is 21.8 Å². The number of halogens is 1. The molecule has 0 radical (unpaired) electrons. The molecule has 1 aliphatic rings. The summed E-state index contributed by atoms with van der Waals surface area (Å²) in [5, 5.41) is 8.83. The second kappa shape index (κ2) is 7.49. The van der Waals surface area contributed by atoms with Crippen LogP contribution >= 0.6 is 49.9 Å². The van der Waals surface area contributed by atoms with Gasteiger partial charge in [0.2, 0.25) is 0 Å². The lowest BCUT2D eigenvalue weighted by Crippen LogP contribution is -2.54.